The highest BCUT2D eigenvalue weighted by atomic mass is 79.9. The van der Waals surface area contributed by atoms with E-state index in [1.54, 1.807) is 12.4 Å². The molecule has 0 saturated heterocycles. The van der Waals surface area contributed by atoms with Crippen LogP contribution in [0.3, 0.4) is 0 Å². The van der Waals surface area contributed by atoms with Gasteiger partial charge in [-0.05, 0) is 24.3 Å². The lowest BCUT2D eigenvalue weighted by atomic mass is 10.2. The van der Waals surface area contributed by atoms with Gasteiger partial charge in [0.1, 0.15) is 11.5 Å². The van der Waals surface area contributed by atoms with Crippen LogP contribution in [0.25, 0.3) is 0 Å². The molecule has 2 rings (SSSR count). The summed E-state index contributed by atoms with van der Waals surface area (Å²) in [6, 6.07) is 10.2. The molecular formula is C15H17BrN2O. The average Bonchev–Trinajstić information content (AvgIpc) is 2.38. The van der Waals surface area contributed by atoms with E-state index in [1.165, 1.54) is 0 Å². The van der Waals surface area contributed by atoms with Crippen LogP contribution in [-0.2, 0) is 6.54 Å². The van der Waals surface area contributed by atoms with Crippen molar-refractivity contribution >= 4 is 15.9 Å². The fourth-order valence-electron chi connectivity index (χ4n) is 1.62. The molecule has 0 bridgehead atoms. The van der Waals surface area contributed by atoms with Gasteiger partial charge in [-0.3, -0.25) is 4.98 Å². The summed E-state index contributed by atoms with van der Waals surface area (Å²) in [7, 11) is 0. The van der Waals surface area contributed by atoms with Crippen LogP contribution in [0.15, 0.2) is 47.2 Å². The molecule has 0 amide bonds. The van der Waals surface area contributed by atoms with Crippen molar-refractivity contribution in [2.45, 2.75) is 26.4 Å². The van der Waals surface area contributed by atoms with Crippen molar-refractivity contribution in [3.8, 4) is 11.5 Å². The third kappa shape index (κ3) is 4.33. The largest absolute Gasteiger partial charge is 0.455 e. The van der Waals surface area contributed by atoms with Gasteiger partial charge in [-0.1, -0.05) is 35.8 Å². The molecule has 4 heteroatoms. The minimum atomic E-state index is 0.437. The van der Waals surface area contributed by atoms with Gasteiger partial charge >= 0.3 is 0 Å². The maximum atomic E-state index is 5.89. The number of nitrogens with zero attached hydrogens (tertiary/aromatic N) is 1. The van der Waals surface area contributed by atoms with E-state index >= 15 is 0 Å². The first kappa shape index (κ1) is 14.0. The molecule has 19 heavy (non-hydrogen) atoms. The molecule has 0 spiro atoms. The molecule has 1 heterocycles. The average molecular weight is 321 g/mol. The number of benzene rings is 1. The number of hydrogen-bond acceptors (Lipinski definition) is 3. The van der Waals surface area contributed by atoms with Crippen molar-refractivity contribution in [1.82, 2.24) is 10.3 Å². The summed E-state index contributed by atoms with van der Waals surface area (Å²) in [6.07, 6.45) is 3.53. The van der Waals surface area contributed by atoms with Gasteiger partial charge in [-0.25, -0.2) is 0 Å². The van der Waals surface area contributed by atoms with E-state index in [0.717, 1.165) is 28.1 Å². The van der Waals surface area contributed by atoms with E-state index in [2.05, 4.69) is 40.1 Å². The molecule has 0 aliphatic heterocycles. The summed E-state index contributed by atoms with van der Waals surface area (Å²) in [6.45, 7) is 5.01. The smallest absolute Gasteiger partial charge is 0.150 e. The monoisotopic (exact) mass is 320 g/mol. The van der Waals surface area contributed by atoms with Crippen LogP contribution < -0.4 is 10.1 Å². The zero-order chi connectivity index (χ0) is 13.7. The minimum absolute atomic E-state index is 0.437. The molecule has 1 aromatic heterocycles. The van der Waals surface area contributed by atoms with Gasteiger partial charge in [0.25, 0.3) is 0 Å². The Labute approximate surface area is 122 Å². The minimum Gasteiger partial charge on any atom is -0.455 e. The second-order valence-electron chi connectivity index (χ2n) is 4.58. The summed E-state index contributed by atoms with van der Waals surface area (Å²) in [5.41, 5.74) is 1.10. The van der Waals surface area contributed by atoms with Gasteiger partial charge in [0.05, 0.1) is 6.20 Å². The molecule has 3 nitrogen and oxygen atoms in total. The standard InChI is InChI=1S/C15H17BrN2O/c1-11(2)18-9-12-6-7-17-10-15(12)19-14-5-3-4-13(16)8-14/h3-8,10-11,18H,9H2,1-2H3. The molecule has 0 aliphatic rings. The van der Waals surface area contributed by atoms with Gasteiger partial charge in [0.2, 0.25) is 0 Å². The van der Waals surface area contributed by atoms with Crippen LogP contribution in [0, 0.1) is 0 Å². The molecule has 100 valence electrons. The Kier molecular flexibility index (Phi) is 4.93. The van der Waals surface area contributed by atoms with E-state index in [-0.39, 0.29) is 0 Å². The van der Waals surface area contributed by atoms with Gasteiger partial charge in [0.15, 0.2) is 0 Å². The zero-order valence-corrected chi connectivity index (χ0v) is 12.6. The summed E-state index contributed by atoms with van der Waals surface area (Å²) in [4.78, 5) is 4.13. The Morgan fingerprint density at radius 3 is 2.89 bits per heavy atom. The van der Waals surface area contributed by atoms with E-state index in [9.17, 15) is 0 Å². The maximum Gasteiger partial charge on any atom is 0.150 e. The lowest BCUT2D eigenvalue weighted by molar-refractivity contribution is 0.466. The first-order valence-corrected chi connectivity index (χ1v) is 7.04. The SMILES string of the molecule is CC(C)NCc1ccncc1Oc1cccc(Br)c1. The molecule has 0 saturated carbocycles. The van der Waals surface area contributed by atoms with Gasteiger partial charge in [0, 0.05) is 28.8 Å². The number of hydrogen-bond donors (Lipinski definition) is 1. The van der Waals surface area contributed by atoms with Crippen molar-refractivity contribution in [3.05, 3.63) is 52.8 Å². The lowest BCUT2D eigenvalue weighted by Crippen LogP contribution is -2.22. The molecular weight excluding hydrogens is 304 g/mol. The Hall–Kier alpha value is -1.39. The molecule has 2 aromatic rings. The lowest BCUT2D eigenvalue weighted by Gasteiger charge is -2.13. The molecule has 0 radical (unpaired) electrons. The van der Waals surface area contributed by atoms with Gasteiger partial charge in [-0.2, -0.15) is 0 Å². The molecule has 0 fully saturated rings. The Bertz CT molecular complexity index is 543. The first-order valence-electron chi connectivity index (χ1n) is 6.25. The number of aromatic nitrogens is 1. The first-order chi connectivity index (χ1) is 9.15. The number of ether oxygens (including phenoxy) is 1. The Morgan fingerprint density at radius 1 is 1.32 bits per heavy atom. The summed E-state index contributed by atoms with van der Waals surface area (Å²) >= 11 is 3.44. The van der Waals surface area contributed by atoms with Gasteiger partial charge < -0.3 is 10.1 Å². The molecule has 1 aromatic carbocycles. The zero-order valence-electron chi connectivity index (χ0n) is 11.1. The summed E-state index contributed by atoms with van der Waals surface area (Å²) in [5.74, 6) is 1.59. The maximum absolute atomic E-state index is 5.89. The summed E-state index contributed by atoms with van der Waals surface area (Å²) < 4.78 is 6.89. The molecule has 0 atom stereocenters. The highest BCUT2D eigenvalue weighted by Crippen LogP contribution is 2.26. The topological polar surface area (TPSA) is 34.2 Å². The van der Waals surface area contributed by atoms with E-state index in [0.29, 0.717) is 6.04 Å². The van der Waals surface area contributed by atoms with Crippen molar-refractivity contribution in [2.24, 2.45) is 0 Å². The van der Waals surface area contributed by atoms with E-state index in [4.69, 9.17) is 4.74 Å². The molecule has 0 unspecified atom stereocenters. The second kappa shape index (κ2) is 6.68. The number of nitrogens with one attached hydrogen (secondary N) is 1. The second-order valence-corrected chi connectivity index (χ2v) is 5.49. The predicted octanol–water partition coefficient (Wildman–Crippen LogP) is 4.13. The highest BCUT2D eigenvalue weighted by molar-refractivity contribution is 9.10. The Balaban J connectivity index is 2.15. The number of rotatable bonds is 5. The van der Waals surface area contributed by atoms with Crippen molar-refractivity contribution < 1.29 is 4.74 Å². The van der Waals surface area contributed by atoms with Crippen molar-refractivity contribution in [2.75, 3.05) is 0 Å². The van der Waals surface area contributed by atoms with Crippen LogP contribution in [0.1, 0.15) is 19.4 Å². The number of halogens is 1. The van der Waals surface area contributed by atoms with Crippen LogP contribution in [0.5, 0.6) is 11.5 Å². The van der Waals surface area contributed by atoms with Crippen LogP contribution >= 0.6 is 15.9 Å². The molecule has 1 N–H and O–H groups in total. The van der Waals surface area contributed by atoms with Crippen molar-refractivity contribution in [3.63, 3.8) is 0 Å². The quantitative estimate of drug-likeness (QED) is 0.899. The van der Waals surface area contributed by atoms with E-state index in [1.807, 2.05) is 30.3 Å². The molecule has 0 aliphatic carbocycles. The fraction of sp³-hybridized carbons (Fsp3) is 0.267. The summed E-state index contributed by atoms with van der Waals surface area (Å²) in [5, 5.41) is 3.38. The fourth-order valence-corrected chi connectivity index (χ4v) is 2.00. The van der Waals surface area contributed by atoms with E-state index < -0.39 is 0 Å². The Morgan fingerprint density at radius 2 is 2.16 bits per heavy atom. The predicted molar refractivity (Wildman–Crippen MR) is 80.4 cm³/mol. The normalized spacial score (nSPS) is 10.7. The van der Waals surface area contributed by atoms with Crippen LogP contribution in [0.2, 0.25) is 0 Å². The number of pyridine rings is 1. The highest BCUT2D eigenvalue weighted by Gasteiger charge is 2.06. The third-order valence-electron chi connectivity index (χ3n) is 2.59. The third-order valence-corrected chi connectivity index (χ3v) is 3.09. The van der Waals surface area contributed by atoms with Crippen LogP contribution in [0.4, 0.5) is 0 Å². The van der Waals surface area contributed by atoms with Crippen LogP contribution in [-0.4, -0.2) is 11.0 Å². The van der Waals surface area contributed by atoms with Gasteiger partial charge in [-0.15, -0.1) is 0 Å². The van der Waals surface area contributed by atoms with Crippen molar-refractivity contribution in [1.29, 1.82) is 0 Å².